The van der Waals surface area contributed by atoms with Crippen molar-refractivity contribution in [3.05, 3.63) is 63.8 Å². The van der Waals surface area contributed by atoms with Crippen LogP contribution in [0.5, 0.6) is 0 Å². The second kappa shape index (κ2) is 7.34. The second-order valence-electron chi connectivity index (χ2n) is 9.29. The van der Waals surface area contributed by atoms with Crippen molar-refractivity contribution < 1.29 is 4.79 Å². The molecule has 3 aliphatic heterocycles. The quantitative estimate of drug-likeness (QED) is 0.711. The van der Waals surface area contributed by atoms with Gasteiger partial charge in [0, 0.05) is 43.4 Å². The third-order valence-electron chi connectivity index (χ3n) is 7.15. The van der Waals surface area contributed by atoms with Gasteiger partial charge < -0.3 is 14.5 Å². The van der Waals surface area contributed by atoms with Gasteiger partial charge in [0.1, 0.15) is 0 Å². The molecule has 0 radical (unpaired) electrons. The third kappa shape index (κ3) is 3.28. The predicted molar refractivity (Wildman–Crippen MR) is 118 cm³/mol. The zero-order chi connectivity index (χ0) is 20.9. The highest BCUT2D eigenvalue weighted by atomic mass is 16.2. The molecule has 6 rings (SSSR count). The fourth-order valence-corrected chi connectivity index (χ4v) is 5.66. The van der Waals surface area contributed by atoms with E-state index in [9.17, 15) is 9.59 Å². The van der Waals surface area contributed by atoms with Crippen LogP contribution in [0.25, 0.3) is 11.0 Å². The first kappa shape index (κ1) is 18.8. The predicted octanol–water partition coefficient (Wildman–Crippen LogP) is 2.58. The molecule has 31 heavy (non-hydrogen) atoms. The topological polar surface area (TPSA) is 74.2 Å². The van der Waals surface area contributed by atoms with Gasteiger partial charge in [-0.25, -0.2) is 4.98 Å². The lowest BCUT2D eigenvalue weighted by Gasteiger charge is -2.42. The van der Waals surface area contributed by atoms with Crippen LogP contribution in [0, 0.1) is 5.92 Å². The summed E-state index contributed by atoms with van der Waals surface area (Å²) in [6, 6.07) is 11.9. The molecule has 3 aromatic rings. The van der Waals surface area contributed by atoms with Gasteiger partial charge in [0.05, 0.1) is 11.0 Å². The van der Waals surface area contributed by atoms with Crippen LogP contribution in [-0.2, 0) is 13.1 Å². The van der Waals surface area contributed by atoms with Gasteiger partial charge in [0.2, 0.25) is 0 Å². The minimum Gasteiger partial charge on any atom is -0.335 e. The lowest BCUT2D eigenvalue weighted by Crippen LogP contribution is -2.49. The normalized spacial score (nSPS) is 23.3. The van der Waals surface area contributed by atoms with Crippen molar-refractivity contribution in [3.63, 3.8) is 0 Å². The maximum atomic E-state index is 13.2. The van der Waals surface area contributed by atoms with Crippen LogP contribution >= 0.6 is 0 Å². The first-order valence-corrected chi connectivity index (χ1v) is 11.3. The number of aromatic nitrogens is 3. The summed E-state index contributed by atoms with van der Waals surface area (Å²) >= 11 is 0. The summed E-state index contributed by atoms with van der Waals surface area (Å²) in [6.45, 7) is 4.94. The summed E-state index contributed by atoms with van der Waals surface area (Å²) in [5.41, 5.74) is 3.83. The van der Waals surface area contributed by atoms with E-state index in [0.29, 0.717) is 31.4 Å². The van der Waals surface area contributed by atoms with Crippen molar-refractivity contribution in [1.29, 1.82) is 0 Å². The molecule has 1 N–H and O–H groups in total. The van der Waals surface area contributed by atoms with Crippen LogP contribution in [0.3, 0.4) is 0 Å². The number of aromatic amines is 1. The number of carbonyl (C=O) groups is 1. The fraction of sp³-hybridized carbons (Fsp3) is 0.458. The van der Waals surface area contributed by atoms with Crippen molar-refractivity contribution in [1.82, 2.24) is 24.3 Å². The Labute approximate surface area is 180 Å². The highest BCUT2D eigenvalue weighted by Crippen LogP contribution is 2.35. The number of hydrogen-bond donors (Lipinski definition) is 1. The Kier molecular flexibility index (Phi) is 4.45. The number of piperidine rings is 1. The zero-order valence-corrected chi connectivity index (χ0v) is 17.6. The average molecular weight is 418 g/mol. The van der Waals surface area contributed by atoms with Gasteiger partial charge >= 0.3 is 0 Å². The van der Waals surface area contributed by atoms with Gasteiger partial charge in [-0.15, -0.1) is 0 Å². The van der Waals surface area contributed by atoms with Gasteiger partial charge in [-0.3, -0.25) is 14.5 Å². The van der Waals surface area contributed by atoms with Crippen LogP contribution in [0.4, 0.5) is 0 Å². The number of para-hydroxylation sites is 2. The number of carbonyl (C=O) groups excluding carboxylic acids is 1. The van der Waals surface area contributed by atoms with Crippen LogP contribution in [0.15, 0.2) is 41.2 Å². The number of amides is 1. The van der Waals surface area contributed by atoms with Crippen LogP contribution < -0.4 is 5.56 Å². The van der Waals surface area contributed by atoms with E-state index >= 15 is 0 Å². The molecule has 7 nitrogen and oxygen atoms in total. The van der Waals surface area contributed by atoms with Crippen molar-refractivity contribution in [3.8, 4) is 0 Å². The Balaban J connectivity index is 1.25. The molecule has 2 bridgehead atoms. The molecule has 0 saturated carbocycles. The summed E-state index contributed by atoms with van der Waals surface area (Å²) in [5.74, 6) is 0.862. The molecule has 0 unspecified atom stereocenters. The molecule has 2 atom stereocenters. The highest BCUT2D eigenvalue weighted by Gasteiger charge is 2.37. The Morgan fingerprint density at radius 2 is 1.90 bits per heavy atom. The fourth-order valence-electron chi connectivity index (χ4n) is 5.66. The second-order valence-corrected chi connectivity index (χ2v) is 9.29. The largest absolute Gasteiger partial charge is 0.335 e. The Bertz CT molecular complexity index is 1170. The average Bonchev–Trinajstić information content (AvgIpc) is 3.45. The Morgan fingerprint density at radius 1 is 1.06 bits per heavy atom. The molecule has 2 aromatic heterocycles. The first-order valence-electron chi connectivity index (χ1n) is 11.3. The molecule has 5 heterocycles. The van der Waals surface area contributed by atoms with Crippen molar-refractivity contribution in [2.75, 3.05) is 26.2 Å². The highest BCUT2D eigenvalue weighted by molar-refractivity contribution is 5.94. The standard InChI is InChI=1S/C24H27N5O2/c30-23-17(14-27-9-3-4-10-27)7-8-21-18-11-16(13-29(21)23)12-28(15-18)24(31)22-25-19-5-1-2-6-20(19)26-22/h1-2,5-8,16,18H,3-4,9-15H2,(H,25,26)/t16-,18+/m0/s1. The van der Waals surface area contributed by atoms with E-state index in [1.165, 1.54) is 12.8 Å². The van der Waals surface area contributed by atoms with Crippen molar-refractivity contribution in [2.45, 2.75) is 38.3 Å². The zero-order valence-electron chi connectivity index (χ0n) is 17.6. The van der Waals surface area contributed by atoms with E-state index in [1.807, 2.05) is 39.8 Å². The van der Waals surface area contributed by atoms with Crippen molar-refractivity contribution in [2.24, 2.45) is 5.92 Å². The van der Waals surface area contributed by atoms with E-state index in [0.717, 1.165) is 48.3 Å². The lowest BCUT2D eigenvalue weighted by molar-refractivity contribution is 0.0583. The summed E-state index contributed by atoms with van der Waals surface area (Å²) in [7, 11) is 0. The number of nitrogens with zero attached hydrogens (tertiary/aromatic N) is 4. The van der Waals surface area contributed by atoms with Gasteiger partial charge in [-0.2, -0.15) is 0 Å². The van der Waals surface area contributed by atoms with E-state index < -0.39 is 0 Å². The molecule has 0 aliphatic carbocycles. The number of likely N-dealkylation sites (tertiary alicyclic amines) is 2. The molecule has 0 spiro atoms. The maximum Gasteiger partial charge on any atom is 0.289 e. The van der Waals surface area contributed by atoms with Crippen LogP contribution in [0.2, 0.25) is 0 Å². The summed E-state index contributed by atoms with van der Waals surface area (Å²) in [5, 5.41) is 0. The SMILES string of the molecule is O=C(c1nc2ccccc2[nH]1)N1C[C@@H]2C[C@H](C1)c1ccc(CN3CCCC3)c(=O)n1C2. The summed E-state index contributed by atoms with van der Waals surface area (Å²) in [6.07, 6.45) is 3.49. The number of imidazole rings is 1. The molecule has 1 aromatic carbocycles. The minimum atomic E-state index is -0.0487. The summed E-state index contributed by atoms with van der Waals surface area (Å²) in [4.78, 5) is 38.4. The number of hydrogen-bond acceptors (Lipinski definition) is 4. The van der Waals surface area contributed by atoms with Crippen LogP contribution in [-0.4, -0.2) is 56.4 Å². The smallest absolute Gasteiger partial charge is 0.289 e. The number of pyridine rings is 1. The first-order chi connectivity index (χ1) is 15.2. The molecule has 160 valence electrons. The van der Waals surface area contributed by atoms with Crippen LogP contribution in [0.1, 0.15) is 47.1 Å². The van der Waals surface area contributed by atoms with Crippen molar-refractivity contribution >= 4 is 16.9 Å². The van der Waals surface area contributed by atoms with E-state index in [4.69, 9.17) is 0 Å². The van der Waals surface area contributed by atoms with E-state index in [1.54, 1.807) is 0 Å². The number of H-pyrrole nitrogens is 1. The molecule has 7 heteroatoms. The maximum absolute atomic E-state index is 13.2. The van der Waals surface area contributed by atoms with Gasteiger partial charge in [0.25, 0.3) is 11.5 Å². The Hall–Kier alpha value is -2.93. The van der Waals surface area contributed by atoms with Gasteiger partial charge in [0.15, 0.2) is 5.82 Å². The van der Waals surface area contributed by atoms with E-state index in [-0.39, 0.29) is 17.4 Å². The molecular weight excluding hydrogens is 390 g/mol. The van der Waals surface area contributed by atoms with Gasteiger partial charge in [-0.1, -0.05) is 18.2 Å². The monoisotopic (exact) mass is 417 g/mol. The number of benzene rings is 1. The lowest BCUT2D eigenvalue weighted by atomic mass is 9.83. The molecule has 1 amide bonds. The Morgan fingerprint density at radius 3 is 2.74 bits per heavy atom. The summed E-state index contributed by atoms with van der Waals surface area (Å²) < 4.78 is 1.99. The number of fused-ring (bicyclic) bond motifs is 5. The van der Waals surface area contributed by atoms with E-state index in [2.05, 4.69) is 20.9 Å². The number of rotatable bonds is 3. The molecule has 2 saturated heterocycles. The third-order valence-corrected chi connectivity index (χ3v) is 7.15. The molecule has 2 fully saturated rings. The molecule has 3 aliphatic rings. The van der Waals surface area contributed by atoms with Gasteiger partial charge in [-0.05, 0) is 56.5 Å². The molecular formula is C24H27N5O2. The number of nitrogens with one attached hydrogen (secondary N) is 1. The minimum absolute atomic E-state index is 0.0487.